The second-order valence-electron chi connectivity index (χ2n) is 8.10. The summed E-state index contributed by atoms with van der Waals surface area (Å²) in [7, 11) is -7.18. The summed E-state index contributed by atoms with van der Waals surface area (Å²) in [6.45, 7) is 0.494. The van der Waals surface area contributed by atoms with Crippen LogP contribution < -0.4 is 0 Å². The number of carbonyl (C=O) groups excluding carboxylic acids is 1. The van der Waals surface area contributed by atoms with Crippen molar-refractivity contribution < 1.29 is 57.5 Å². The number of benzene rings is 1. The molecule has 2 bridgehead atoms. The van der Waals surface area contributed by atoms with Crippen LogP contribution in [-0.2, 0) is 19.4 Å². The maximum Gasteiger partial charge on any atom is 0.460 e. The molecule has 0 amide bonds. The molecular formula is C20H16ClF9O4S. The van der Waals surface area contributed by atoms with E-state index >= 15 is 8.78 Å². The lowest BCUT2D eigenvalue weighted by Crippen LogP contribution is -2.69. The maximum atomic E-state index is 15.0. The highest BCUT2D eigenvalue weighted by atomic mass is 35.5. The molecule has 0 radical (unpaired) electrons. The molecule has 1 aromatic carbocycles. The molecule has 0 heterocycles. The average Bonchev–Trinajstić information content (AvgIpc) is 3.34. The first-order valence-electron chi connectivity index (χ1n) is 9.87. The number of halogens is 10. The largest absolute Gasteiger partial charge is 0.465 e. The monoisotopic (exact) mass is 558 g/mol. The summed E-state index contributed by atoms with van der Waals surface area (Å²) >= 11 is 5.76. The van der Waals surface area contributed by atoms with Gasteiger partial charge in [-0.1, -0.05) is 35.9 Å². The normalized spacial score (nSPS) is 27.3. The van der Waals surface area contributed by atoms with Gasteiger partial charge in [-0.05, 0) is 37.0 Å². The molecule has 15 heteroatoms. The molecule has 2 aliphatic carbocycles. The van der Waals surface area contributed by atoms with E-state index in [-0.39, 0.29) is 17.0 Å². The van der Waals surface area contributed by atoms with Gasteiger partial charge in [-0.2, -0.15) is 39.5 Å². The Kier molecular flexibility index (Phi) is 6.54. The first kappa shape index (κ1) is 27.6. The van der Waals surface area contributed by atoms with Crippen LogP contribution in [-0.4, -0.2) is 49.0 Å². The number of fused-ring (bicyclic) bond motifs is 2. The van der Waals surface area contributed by atoms with E-state index in [9.17, 15) is 43.9 Å². The lowest BCUT2D eigenvalue weighted by molar-refractivity contribution is -0.382. The van der Waals surface area contributed by atoms with Crippen LogP contribution >= 0.6 is 11.6 Å². The van der Waals surface area contributed by atoms with Gasteiger partial charge in [0.25, 0.3) is 0 Å². The van der Waals surface area contributed by atoms with Gasteiger partial charge in [0.2, 0.25) is 9.84 Å². The molecule has 1 aromatic rings. The van der Waals surface area contributed by atoms with Gasteiger partial charge in [-0.3, -0.25) is 4.79 Å². The summed E-state index contributed by atoms with van der Waals surface area (Å²) in [6, 6.07) is 4.54. The Hall–Kier alpha value is -1.96. The fourth-order valence-corrected chi connectivity index (χ4v) is 7.26. The summed E-state index contributed by atoms with van der Waals surface area (Å²) in [5, 5.41) is -6.96. The lowest BCUT2D eigenvalue weighted by Gasteiger charge is -2.43. The summed E-state index contributed by atoms with van der Waals surface area (Å²) in [5.41, 5.74) is -0.176. The van der Waals surface area contributed by atoms with Crippen molar-refractivity contribution in [2.45, 2.75) is 47.3 Å². The molecule has 3 rings (SSSR count). The van der Waals surface area contributed by atoms with Crippen molar-refractivity contribution in [2.24, 2.45) is 11.8 Å². The molecule has 0 N–H and O–H groups in total. The van der Waals surface area contributed by atoms with Crippen LogP contribution in [0.1, 0.15) is 24.8 Å². The van der Waals surface area contributed by atoms with Crippen LogP contribution in [0.3, 0.4) is 0 Å². The Morgan fingerprint density at radius 2 is 1.54 bits per heavy atom. The second-order valence-corrected chi connectivity index (χ2v) is 10.7. The van der Waals surface area contributed by atoms with E-state index in [1.807, 2.05) is 0 Å². The molecule has 4 nitrogen and oxygen atoms in total. The first-order chi connectivity index (χ1) is 15.8. The van der Waals surface area contributed by atoms with E-state index in [2.05, 4.69) is 4.74 Å². The zero-order valence-electron chi connectivity index (χ0n) is 17.4. The molecule has 0 aromatic heterocycles. The highest BCUT2D eigenvalue weighted by Gasteiger charge is 2.89. The zero-order chi connectivity index (χ0) is 26.8. The maximum absolute atomic E-state index is 15.0. The Labute approximate surface area is 198 Å². The Bertz CT molecular complexity index is 1130. The number of hydrogen-bond donors (Lipinski definition) is 0. The number of alkyl halides is 9. The molecular weight excluding hydrogens is 543 g/mol. The van der Waals surface area contributed by atoms with Gasteiger partial charge in [0.05, 0.1) is 6.61 Å². The molecule has 0 unspecified atom stereocenters. The van der Waals surface area contributed by atoms with Crippen LogP contribution in [0.15, 0.2) is 36.4 Å². The van der Waals surface area contributed by atoms with Gasteiger partial charge in [0, 0.05) is 16.9 Å². The van der Waals surface area contributed by atoms with Gasteiger partial charge in [0.15, 0.2) is 4.75 Å². The summed E-state index contributed by atoms with van der Waals surface area (Å²) in [5.74, 6) is -21.6. The fourth-order valence-electron chi connectivity index (χ4n) is 4.75. The Morgan fingerprint density at radius 1 is 1.00 bits per heavy atom. The average molecular weight is 559 g/mol. The molecule has 0 spiro atoms. The van der Waals surface area contributed by atoms with Crippen molar-refractivity contribution in [3.8, 4) is 0 Å². The van der Waals surface area contributed by atoms with Crippen molar-refractivity contribution in [1.29, 1.82) is 0 Å². The third-order valence-corrected chi connectivity index (χ3v) is 9.08. The Balaban J connectivity index is 2.34. The molecule has 0 aliphatic heterocycles. The van der Waals surface area contributed by atoms with Crippen molar-refractivity contribution >= 4 is 27.4 Å². The minimum absolute atomic E-state index is 0.0822. The van der Waals surface area contributed by atoms with Crippen molar-refractivity contribution in [1.82, 2.24) is 0 Å². The van der Waals surface area contributed by atoms with E-state index in [1.165, 1.54) is 18.2 Å². The topological polar surface area (TPSA) is 60.4 Å². The fraction of sp³-hybridized carbons (Fsp3) is 0.550. The van der Waals surface area contributed by atoms with Crippen LogP contribution in [0.25, 0.3) is 0 Å². The van der Waals surface area contributed by atoms with Crippen molar-refractivity contribution in [3.05, 3.63) is 47.0 Å². The van der Waals surface area contributed by atoms with E-state index in [0.717, 1.165) is 25.1 Å². The first-order valence-corrected chi connectivity index (χ1v) is 11.7. The smallest absolute Gasteiger partial charge is 0.460 e. The molecule has 196 valence electrons. The molecule has 1 fully saturated rings. The van der Waals surface area contributed by atoms with Gasteiger partial charge in [-0.15, -0.1) is 0 Å². The number of sulfone groups is 1. The van der Waals surface area contributed by atoms with E-state index in [0.29, 0.717) is 0 Å². The Morgan fingerprint density at radius 3 is 2.03 bits per heavy atom. The van der Waals surface area contributed by atoms with E-state index < -0.39 is 68.2 Å². The third-order valence-electron chi connectivity index (χ3n) is 6.28. The predicted octanol–water partition coefficient (Wildman–Crippen LogP) is 5.77. The van der Waals surface area contributed by atoms with Crippen molar-refractivity contribution in [3.63, 3.8) is 0 Å². The van der Waals surface area contributed by atoms with Crippen LogP contribution in [0.4, 0.5) is 39.5 Å². The number of carbonyl (C=O) groups is 1. The number of hydrogen-bond acceptors (Lipinski definition) is 4. The van der Waals surface area contributed by atoms with Gasteiger partial charge in [0.1, 0.15) is 0 Å². The third kappa shape index (κ3) is 3.49. The highest BCUT2D eigenvalue weighted by molar-refractivity contribution is 7.94. The second kappa shape index (κ2) is 8.29. The lowest BCUT2D eigenvalue weighted by atomic mass is 9.77. The highest BCUT2D eigenvalue weighted by Crippen LogP contribution is 2.65. The van der Waals surface area contributed by atoms with Crippen LogP contribution in [0.5, 0.6) is 0 Å². The van der Waals surface area contributed by atoms with E-state index in [1.54, 1.807) is 0 Å². The summed E-state index contributed by atoms with van der Waals surface area (Å²) in [6.07, 6.45) is -5.35. The standard InChI is InChI=1S/C20H16ClF9O4S/c1-2-34-15(31)16(12-6-3-11(9-12)14(16)10-4-7-13(21)8-5-10)35(32,33)20(29,30)18(24,25)17(22,23)19(26,27)28/h3-8,11-12,14H,2,9H2,1H3/t11-,12+,14+,16+/m1/s1. The number of allylic oxidation sites excluding steroid dienone is 2. The van der Waals surface area contributed by atoms with Gasteiger partial charge in [-0.25, -0.2) is 8.42 Å². The molecule has 4 atom stereocenters. The van der Waals surface area contributed by atoms with Gasteiger partial charge < -0.3 is 4.74 Å². The molecule has 2 aliphatic rings. The van der Waals surface area contributed by atoms with Crippen molar-refractivity contribution in [2.75, 3.05) is 6.61 Å². The van der Waals surface area contributed by atoms with Crippen LogP contribution in [0, 0.1) is 11.8 Å². The number of ether oxygens (including phenoxy) is 1. The van der Waals surface area contributed by atoms with E-state index in [4.69, 9.17) is 11.6 Å². The number of esters is 1. The predicted molar refractivity (Wildman–Crippen MR) is 104 cm³/mol. The quantitative estimate of drug-likeness (QED) is 0.242. The number of rotatable bonds is 7. The summed E-state index contributed by atoms with van der Waals surface area (Å²) in [4.78, 5) is 13.0. The minimum Gasteiger partial charge on any atom is -0.465 e. The SMILES string of the molecule is CCOC(=O)[C@]1(S(=O)(=O)C(F)(F)C(F)(F)C(F)(F)C(F)(F)F)[C@H]2C=C[C@H](C2)[C@@H]1c1ccc(Cl)cc1. The molecule has 0 saturated heterocycles. The van der Waals surface area contributed by atoms with Crippen LogP contribution in [0.2, 0.25) is 5.02 Å². The van der Waals surface area contributed by atoms with Gasteiger partial charge >= 0.3 is 29.2 Å². The minimum atomic E-state index is -7.48. The molecule has 35 heavy (non-hydrogen) atoms. The zero-order valence-corrected chi connectivity index (χ0v) is 19.0. The molecule has 1 saturated carbocycles. The summed E-state index contributed by atoms with van der Waals surface area (Å²) < 4.78 is 151.